The van der Waals surface area contributed by atoms with E-state index in [1.807, 2.05) is 24.7 Å². The molecule has 1 saturated heterocycles. The quantitative estimate of drug-likeness (QED) is 0.902. The number of aromatic nitrogens is 4. The minimum absolute atomic E-state index is 0.122. The molecule has 1 aliphatic rings. The van der Waals surface area contributed by atoms with Crippen LogP contribution in [0.4, 0.5) is 0 Å². The van der Waals surface area contributed by atoms with Crippen LogP contribution < -0.4 is 5.32 Å². The van der Waals surface area contributed by atoms with E-state index in [1.54, 1.807) is 18.5 Å². The maximum absolute atomic E-state index is 12.2. The second-order valence-corrected chi connectivity index (χ2v) is 5.08. The summed E-state index contributed by atoms with van der Waals surface area (Å²) in [6.07, 6.45) is 5.67. The molecule has 7 nitrogen and oxygen atoms in total. The Morgan fingerprint density at radius 3 is 3.00 bits per heavy atom. The zero-order chi connectivity index (χ0) is 14.8. The van der Waals surface area contributed by atoms with Gasteiger partial charge in [-0.15, -0.1) is 0 Å². The molecule has 2 aromatic rings. The number of hydrogen-bond acceptors (Lipinski definition) is 5. The molecule has 0 spiro atoms. The van der Waals surface area contributed by atoms with Crippen LogP contribution in [-0.2, 0) is 11.8 Å². The molecular weight excluding hydrogens is 270 g/mol. The average Bonchev–Trinajstić information content (AvgIpc) is 3.07. The smallest absolute Gasteiger partial charge is 0.289 e. The molecule has 0 aliphatic carbocycles. The van der Waals surface area contributed by atoms with Gasteiger partial charge in [0, 0.05) is 37.9 Å². The van der Waals surface area contributed by atoms with Crippen molar-refractivity contribution in [1.29, 1.82) is 0 Å². The SMILES string of the molecule is Cc1ccnc(C(=O)N[C@H]2CCO[C@@H]2c2nccn2C)n1. The van der Waals surface area contributed by atoms with E-state index in [4.69, 9.17) is 4.74 Å². The first-order valence-electron chi connectivity index (χ1n) is 6.84. The van der Waals surface area contributed by atoms with E-state index >= 15 is 0 Å². The van der Waals surface area contributed by atoms with E-state index in [0.29, 0.717) is 6.61 Å². The summed E-state index contributed by atoms with van der Waals surface area (Å²) in [6, 6.07) is 1.63. The number of nitrogens with zero attached hydrogens (tertiary/aromatic N) is 4. The number of rotatable bonds is 3. The van der Waals surface area contributed by atoms with Gasteiger partial charge in [0.05, 0.1) is 6.04 Å². The molecule has 1 fully saturated rings. The van der Waals surface area contributed by atoms with Gasteiger partial charge >= 0.3 is 0 Å². The maximum Gasteiger partial charge on any atom is 0.289 e. The second kappa shape index (κ2) is 5.61. The highest BCUT2D eigenvalue weighted by Gasteiger charge is 2.34. The van der Waals surface area contributed by atoms with Gasteiger partial charge in [0.1, 0.15) is 11.9 Å². The molecule has 3 heterocycles. The summed E-state index contributed by atoms with van der Waals surface area (Å²) in [6.45, 7) is 2.42. The Morgan fingerprint density at radius 1 is 1.43 bits per heavy atom. The van der Waals surface area contributed by atoms with Crippen LogP contribution in [0, 0.1) is 6.92 Å². The van der Waals surface area contributed by atoms with Crippen LogP contribution in [0.15, 0.2) is 24.7 Å². The Labute approximate surface area is 122 Å². The van der Waals surface area contributed by atoms with Crippen LogP contribution in [0.25, 0.3) is 0 Å². The first kappa shape index (κ1) is 13.7. The maximum atomic E-state index is 12.2. The standard InChI is InChI=1S/C14H17N5O2/c1-9-3-5-15-12(17-9)14(20)18-10-4-8-21-11(10)13-16-6-7-19(13)2/h3,5-7,10-11H,4,8H2,1-2H3,(H,18,20)/t10-,11-/m0/s1. The average molecular weight is 287 g/mol. The third kappa shape index (κ3) is 2.78. The molecule has 2 aromatic heterocycles. The predicted octanol–water partition coefficient (Wildman–Crippen LogP) is 0.779. The van der Waals surface area contributed by atoms with E-state index in [1.165, 1.54) is 0 Å². The molecule has 110 valence electrons. The van der Waals surface area contributed by atoms with Crippen LogP contribution in [0.5, 0.6) is 0 Å². The highest BCUT2D eigenvalue weighted by molar-refractivity contribution is 5.90. The fraction of sp³-hybridized carbons (Fsp3) is 0.429. The van der Waals surface area contributed by atoms with Gasteiger partial charge in [-0.3, -0.25) is 4.79 Å². The zero-order valence-electron chi connectivity index (χ0n) is 12.0. The number of carbonyl (C=O) groups is 1. The second-order valence-electron chi connectivity index (χ2n) is 5.08. The van der Waals surface area contributed by atoms with Crippen LogP contribution in [0.2, 0.25) is 0 Å². The Balaban J connectivity index is 1.75. The lowest BCUT2D eigenvalue weighted by Crippen LogP contribution is -2.38. The summed E-state index contributed by atoms with van der Waals surface area (Å²) in [7, 11) is 1.91. The van der Waals surface area contributed by atoms with E-state index in [0.717, 1.165) is 17.9 Å². The third-order valence-corrected chi connectivity index (χ3v) is 3.52. The molecule has 0 radical (unpaired) electrons. The molecule has 1 amide bonds. The van der Waals surface area contributed by atoms with Crippen molar-refractivity contribution in [2.45, 2.75) is 25.5 Å². The lowest BCUT2D eigenvalue weighted by atomic mass is 10.1. The summed E-state index contributed by atoms with van der Waals surface area (Å²) < 4.78 is 7.61. The number of imidazole rings is 1. The number of aryl methyl sites for hydroxylation is 2. The van der Waals surface area contributed by atoms with Crippen molar-refractivity contribution >= 4 is 5.91 Å². The fourth-order valence-electron chi connectivity index (χ4n) is 2.43. The molecule has 1 N–H and O–H groups in total. The summed E-state index contributed by atoms with van der Waals surface area (Å²) in [5, 5.41) is 2.95. The zero-order valence-corrected chi connectivity index (χ0v) is 12.0. The van der Waals surface area contributed by atoms with Crippen molar-refractivity contribution in [1.82, 2.24) is 24.8 Å². The van der Waals surface area contributed by atoms with Crippen LogP contribution in [0.1, 0.15) is 34.7 Å². The number of ether oxygens (including phenoxy) is 1. The minimum atomic E-state index is -0.284. The molecular formula is C14H17N5O2. The number of nitrogens with one attached hydrogen (secondary N) is 1. The largest absolute Gasteiger partial charge is 0.368 e. The van der Waals surface area contributed by atoms with E-state index in [-0.39, 0.29) is 23.9 Å². The fourth-order valence-corrected chi connectivity index (χ4v) is 2.43. The van der Waals surface area contributed by atoms with Crippen molar-refractivity contribution in [3.05, 3.63) is 42.0 Å². The molecule has 1 aliphatic heterocycles. The van der Waals surface area contributed by atoms with Gasteiger partial charge in [0.25, 0.3) is 5.91 Å². The molecule has 0 aromatic carbocycles. The normalized spacial score (nSPS) is 21.4. The van der Waals surface area contributed by atoms with Gasteiger partial charge in [-0.1, -0.05) is 0 Å². The Hall–Kier alpha value is -2.28. The Morgan fingerprint density at radius 2 is 2.29 bits per heavy atom. The van der Waals surface area contributed by atoms with E-state index < -0.39 is 0 Å². The van der Waals surface area contributed by atoms with E-state index in [2.05, 4.69) is 20.3 Å². The first-order chi connectivity index (χ1) is 10.1. The predicted molar refractivity (Wildman–Crippen MR) is 74.5 cm³/mol. The van der Waals surface area contributed by atoms with Crippen LogP contribution in [0.3, 0.4) is 0 Å². The van der Waals surface area contributed by atoms with Crippen molar-refractivity contribution in [3.8, 4) is 0 Å². The highest BCUT2D eigenvalue weighted by Crippen LogP contribution is 2.27. The number of amides is 1. The summed E-state index contributed by atoms with van der Waals surface area (Å²) in [5.74, 6) is 0.705. The number of carbonyl (C=O) groups excluding carboxylic acids is 1. The number of hydrogen-bond donors (Lipinski definition) is 1. The van der Waals surface area contributed by atoms with Gasteiger partial charge in [0.2, 0.25) is 5.82 Å². The third-order valence-electron chi connectivity index (χ3n) is 3.52. The van der Waals surface area contributed by atoms with Crippen LogP contribution in [-0.4, -0.2) is 38.1 Å². The first-order valence-corrected chi connectivity index (χ1v) is 6.84. The van der Waals surface area contributed by atoms with Crippen molar-refractivity contribution in [2.24, 2.45) is 7.05 Å². The van der Waals surface area contributed by atoms with E-state index in [9.17, 15) is 4.79 Å². The monoisotopic (exact) mass is 287 g/mol. The lowest BCUT2D eigenvalue weighted by molar-refractivity contribution is 0.0773. The minimum Gasteiger partial charge on any atom is -0.368 e. The molecule has 7 heteroatoms. The highest BCUT2D eigenvalue weighted by atomic mass is 16.5. The Bertz CT molecular complexity index is 654. The molecule has 0 saturated carbocycles. The molecule has 21 heavy (non-hydrogen) atoms. The molecule has 2 atom stereocenters. The molecule has 0 bridgehead atoms. The van der Waals surface area contributed by atoms with Gasteiger partial charge in [-0.2, -0.15) is 0 Å². The van der Waals surface area contributed by atoms with Crippen molar-refractivity contribution < 1.29 is 9.53 Å². The van der Waals surface area contributed by atoms with Crippen molar-refractivity contribution in [3.63, 3.8) is 0 Å². The van der Waals surface area contributed by atoms with Gasteiger partial charge < -0.3 is 14.6 Å². The topological polar surface area (TPSA) is 81.9 Å². The van der Waals surface area contributed by atoms with Gasteiger partial charge in [-0.05, 0) is 19.4 Å². The van der Waals surface area contributed by atoms with Gasteiger partial charge in [0.15, 0.2) is 0 Å². The Kier molecular flexibility index (Phi) is 3.66. The summed E-state index contributed by atoms with van der Waals surface area (Å²) >= 11 is 0. The van der Waals surface area contributed by atoms with Crippen LogP contribution >= 0.6 is 0 Å². The summed E-state index contributed by atoms with van der Waals surface area (Å²) in [5.41, 5.74) is 0.762. The van der Waals surface area contributed by atoms with Gasteiger partial charge in [-0.25, -0.2) is 15.0 Å². The molecule has 3 rings (SSSR count). The molecule has 0 unspecified atom stereocenters. The summed E-state index contributed by atoms with van der Waals surface area (Å²) in [4.78, 5) is 24.7. The van der Waals surface area contributed by atoms with Crippen molar-refractivity contribution in [2.75, 3.05) is 6.61 Å². The lowest BCUT2D eigenvalue weighted by Gasteiger charge is -2.19.